The van der Waals surface area contributed by atoms with E-state index in [-0.39, 0.29) is 11.9 Å². The maximum Gasteiger partial charge on any atom is 0.328 e. The number of carbonyl (C=O) groups excluding carboxylic acids is 1. The number of thiocarbonyl (C=S) groups is 1. The van der Waals surface area contributed by atoms with E-state index in [1.807, 2.05) is 44.0 Å². The van der Waals surface area contributed by atoms with Crippen LogP contribution in [0.4, 0.5) is 0 Å². The Labute approximate surface area is 125 Å². The number of aromatic nitrogens is 1. The predicted octanol–water partition coefficient (Wildman–Crippen LogP) is 1.59. The molecule has 0 aromatic carbocycles. The van der Waals surface area contributed by atoms with E-state index in [1.54, 1.807) is 6.20 Å². The van der Waals surface area contributed by atoms with Gasteiger partial charge in [-0.15, -0.1) is 0 Å². The van der Waals surface area contributed by atoms with Gasteiger partial charge in [0.25, 0.3) is 0 Å². The van der Waals surface area contributed by atoms with Gasteiger partial charge in [-0.05, 0) is 30.3 Å². The molecular formula is C14H21N3O2S. The Bertz CT molecular complexity index is 451. The van der Waals surface area contributed by atoms with Crippen molar-refractivity contribution in [3.63, 3.8) is 0 Å². The molecule has 110 valence electrons. The van der Waals surface area contributed by atoms with Crippen LogP contribution in [0.1, 0.15) is 19.5 Å². The molecule has 0 amide bonds. The Morgan fingerprint density at radius 3 is 2.70 bits per heavy atom. The summed E-state index contributed by atoms with van der Waals surface area (Å²) in [5.41, 5.74) is 0.915. The molecule has 1 atom stereocenters. The fraction of sp³-hybridized carbons (Fsp3) is 0.500. The highest BCUT2D eigenvalue weighted by atomic mass is 32.1. The van der Waals surface area contributed by atoms with Gasteiger partial charge >= 0.3 is 5.97 Å². The maximum atomic E-state index is 11.7. The summed E-state index contributed by atoms with van der Waals surface area (Å²) < 4.78 is 4.78. The van der Waals surface area contributed by atoms with E-state index in [0.717, 1.165) is 5.69 Å². The number of carbonyl (C=O) groups is 1. The lowest BCUT2D eigenvalue weighted by Gasteiger charge is -2.26. The average molecular weight is 295 g/mol. The normalized spacial score (nSPS) is 11.8. The molecule has 0 fully saturated rings. The molecule has 0 saturated heterocycles. The van der Waals surface area contributed by atoms with Crippen LogP contribution in [-0.4, -0.2) is 41.2 Å². The standard InChI is InChI=1S/C14H21N3O2S/c1-10(2)12(13(18)19-4)16-14(20)17(3)9-11-7-5-6-8-15-11/h5-8,10,12H,9H2,1-4H3,(H,16,20)/t12-/m0/s1. The first-order valence-corrected chi connectivity index (χ1v) is 6.86. The molecular weight excluding hydrogens is 274 g/mol. The van der Waals surface area contributed by atoms with Crippen LogP contribution in [0.25, 0.3) is 0 Å². The van der Waals surface area contributed by atoms with E-state index in [4.69, 9.17) is 17.0 Å². The highest BCUT2D eigenvalue weighted by Gasteiger charge is 2.24. The number of hydrogen-bond acceptors (Lipinski definition) is 4. The summed E-state index contributed by atoms with van der Waals surface area (Å²) in [6.07, 6.45) is 1.74. The number of ether oxygens (including phenoxy) is 1. The number of esters is 1. The van der Waals surface area contributed by atoms with Crippen LogP contribution in [0.5, 0.6) is 0 Å². The lowest BCUT2D eigenvalue weighted by Crippen LogP contribution is -2.49. The van der Waals surface area contributed by atoms with Crippen LogP contribution in [-0.2, 0) is 16.1 Å². The smallest absolute Gasteiger partial charge is 0.328 e. The van der Waals surface area contributed by atoms with Crippen LogP contribution in [0.2, 0.25) is 0 Å². The van der Waals surface area contributed by atoms with Gasteiger partial charge in [-0.2, -0.15) is 0 Å². The molecule has 20 heavy (non-hydrogen) atoms. The molecule has 1 rings (SSSR count). The van der Waals surface area contributed by atoms with E-state index < -0.39 is 6.04 Å². The van der Waals surface area contributed by atoms with Crippen molar-refractivity contribution in [2.75, 3.05) is 14.2 Å². The molecule has 5 nitrogen and oxygen atoms in total. The van der Waals surface area contributed by atoms with Crippen molar-refractivity contribution in [1.29, 1.82) is 0 Å². The summed E-state index contributed by atoms with van der Waals surface area (Å²) in [5, 5.41) is 3.54. The highest BCUT2D eigenvalue weighted by Crippen LogP contribution is 2.06. The second-order valence-corrected chi connectivity index (χ2v) is 5.26. The molecule has 0 aliphatic heterocycles. The first-order chi connectivity index (χ1) is 9.45. The zero-order valence-corrected chi connectivity index (χ0v) is 13.1. The summed E-state index contributed by atoms with van der Waals surface area (Å²) in [6, 6.07) is 5.28. The SMILES string of the molecule is COC(=O)[C@@H](NC(=S)N(C)Cc1ccccn1)C(C)C. The van der Waals surface area contributed by atoms with Crippen LogP contribution < -0.4 is 5.32 Å². The Morgan fingerprint density at radius 1 is 1.50 bits per heavy atom. The van der Waals surface area contributed by atoms with Gasteiger partial charge in [0, 0.05) is 13.2 Å². The molecule has 1 heterocycles. The molecule has 0 aliphatic rings. The minimum Gasteiger partial charge on any atom is -0.467 e. The fourth-order valence-electron chi connectivity index (χ4n) is 1.67. The molecule has 0 saturated carbocycles. The van der Waals surface area contributed by atoms with Gasteiger partial charge in [-0.1, -0.05) is 19.9 Å². The molecule has 0 spiro atoms. The van der Waals surface area contributed by atoms with Crippen molar-refractivity contribution >= 4 is 23.3 Å². The van der Waals surface area contributed by atoms with Gasteiger partial charge in [-0.3, -0.25) is 4.98 Å². The van der Waals surface area contributed by atoms with Crippen molar-refractivity contribution in [2.24, 2.45) is 5.92 Å². The number of rotatable bonds is 5. The van der Waals surface area contributed by atoms with Crippen molar-refractivity contribution in [3.05, 3.63) is 30.1 Å². The van der Waals surface area contributed by atoms with Gasteiger partial charge in [-0.25, -0.2) is 4.79 Å². The predicted molar refractivity (Wildman–Crippen MR) is 82.1 cm³/mol. The Balaban J connectivity index is 2.62. The van der Waals surface area contributed by atoms with Gasteiger partial charge in [0.1, 0.15) is 6.04 Å². The number of hydrogen-bond donors (Lipinski definition) is 1. The molecule has 0 radical (unpaired) electrons. The van der Waals surface area contributed by atoms with E-state index in [0.29, 0.717) is 11.7 Å². The number of methoxy groups -OCH3 is 1. The first kappa shape index (κ1) is 16.4. The average Bonchev–Trinajstić information content (AvgIpc) is 2.44. The quantitative estimate of drug-likeness (QED) is 0.657. The second-order valence-electron chi connectivity index (χ2n) is 4.87. The number of pyridine rings is 1. The van der Waals surface area contributed by atoms with Crippen molar-refractivity contribution < 1.29 is 9.53 Å². The van der Waals surface area contributed by atoms with Gasteiger partial charge < -0.3 is 15.0 Å². The summed E-state index contributed by atoms with van der Waals surface area (Å²) in [7, 11) is 3.23. The minimum absolute atomic E-state index is 0.0867. The molecule has 1 aromatic rings. The lowest BCUT2D eigenvalue weighted by atomic mass is 10.1. The molecule has 1 N–H and O–H groups in total. The topological polar surface area (TPSA) is 54.5 Å². The monoisotopic (exact) mass is 295 g/mol. The van der Waals surface area contributed by atoms with Crippen LogP contribution in [0.15, 0.2) is 24.4 Å². The van der Waals surface area contributed by atoms with E-state index >= 15 is 0 Å². The zero-order valence-electron chi connectivity index (χ0n) is 12.3. The molecule has 0 unspecified atom stereocenters. The lowest BCUT2D eigenvalue weighted by molar-refractivity contribution is -0.143. The molecule has 6 heteroatoms. The zero-order chi connectivity index (χ0) is 15.1. The fourth-order valence-corrected chi connectivity index (χ4v) is 1.87. The minimum atomic E-state index is -0.446. The van der Waals surface area contributed by atoms with Crippen LogP contribution in [0.3, 0.4) is 0 Å². The summed E-state index contributed by atoms with van der Waals surface area (Å²) in [4.78, 5) is 17.8. The highest BCUT2D eigenvalue weighted by molar-refractivity contribution is 7.80. The summed E-state index contributed by atoms with van der Waals surface area (Å²) in [6.45, 7) is 4.46. The Hall–Kier alpha value is -1.69. The van der Waals surface area contributed by atoms with Crippen molar-refractivity contribution in [1.82, 2.24) is 15.2 Å². The maximum absolute atomic E-state index is 11.7. The van der Waals surface area contributed by atoms with Gasteiger partial charge in [0.15, 0.2) is 5.11 Å². The Kier molecular flexibility index (Phi) is 6.38. The molecule has 1 aromatic heterocycles. The second kappa shape index (κ2) is 7.79. The first-order valence-electron chi connectivity index (χ1n) is 6.45. The van der Waals surface area contributed by atoms with Crippen LogP contribution in [0, 0.1) is 5.92 Å². The van der Waals surface area contributed by atoms with E-state index in [2.05, 4.69) is 10.3 Å². The van der Waals surface area contributed by atoms with Crippen LogP contribution >= 0.6 is 12.2 Å². The number of nitrogens with one attached hydrogen (secondary N) is 1. The van der Waals surface area contributed by atoms with Crippen molar-refractivity contribution in [2.45, 2.75) is 26.4 Å². The molecule has 0 aliphatic carbocycles. The van der Waals surface area contributed by atoms with Gasteiger partial charge in [0.2, 0.25) is 0 Å². The third-order valence-electron chi connectivity index (χ3n) is 2.87. The number of nitrogens with zero attached hydrogens (tertiary/aromatic N) is 2. The van der Waals surface area contributed by atoms with E-state index in [1.165, 1.54) is 7.11 Å². The summed E-state index contributed by atoms with van der Waals surface area (Å²) in [5.74, 6) is -0.225. The van der Waals surface area contributed by atoms with Gasteiger partial charge in [0.05, 0.1) is 19.3 Å². The largest absolute Gasteiger partial charge is 0.467 e. The third-order valence-corrected chi connectivity index (χ3v) is 3.30. The Morgan fingerprint density at radius 2 is 2.20 bits per heavy atom. The third kappa shape index (κ3) is 4.77. The van der Waals surface area contributed by atoms with E-state index in [9.17, 15) is 4.79 Å². The summed E-state index contributed by atoms with van der Waals surface area (Å²) >= 11 is 5.32. The molecule has 0 bridgehead atoms. The van der Waals surface area contributed by atoms with Crippen molar-refractivity contribution in [3.8, 4) is 0 Å².